The molecule has 148 valence electrons. The lowest BCUT2D eigenvalue weighted by atomic mass is 10.2. The number of ether oxygens (including phenoxy) is 5. The van der Waals surface area contributed by atoms with Crippen molar-refractivity contribution in [3.8, 4) is 23.0 Å². The Morgan fingerprint density at radius 2 is 2.00 bits per heavy atom. The lowest BCUT2D eigenvalue weighted by Crippen LogP contribution is -2.01. The molecule has 0 amide bonds. The first-order chi connectivity index (χ1) is 13.5. The Morgan fingerprint density at radius 1 is 1.18 bits per heavy atom. The highest BCUT2D eigenvalue weighted by Gasteiger charge is 2.18. The fraction of sp³-hybridized carbons (Fsp3) is 0.250. The van der Waals surface area contributed by atoms with Crippen LogP contribution >= 0.6 is 23.2 Å². The first-order valence-corrected chi connectivity index (χ1v) is 9.20. The highest BCUT2D eigenvalue weighted by atomic mass is 35.5. The molecule has 1 heterocycles. The summed E-state index contributed by atoms with van der Waals surface area (Å²) in [5.74, 6) is 1.46. The minimum atomic E-state index is -0.515. The highest BCUT2D eigenvalue weighted by Crippen LogP contribution is 2.40. The lowest BCUT2D eigenvalue weighted by Gasteiger charge is -2.11. The summed E-state index contributed by atoms with van der Waals surface area (Å²) in [6, 6.07) is 6.80. The number of hydrogen-bond acceptors (Lipinski definition) is 6. The summed E-state index contributed by atoms with van der Waals surface area (Å²) in [4.78, 5) is 12.0. The van der Waals surface area contributed by atoms with E-state index in [1.165, 1.54) is 13.2 Å². The molecule has 0 aromatic heterocycles. The Bertz CT molecular complexity index is 910. The van der Waals surface area contributed by atoms with Crippen LogP contribution < -0.4 is 18.9 Å². The Hall–Kier alpha value is -2.57. The number of carbonyl (C=O) groups is 1. The topological polar surface area (TPSA) is 63.2 Å². The maximum Gasteiger partial charge on any atom is 0.331 e. The third-order valence-corrected chi connectivity index (χ3v) is 4.38. The standard InChI is InChI=1S/C20H18Cl2O6/c1-3-25-16-8-12(6-14(21)19(16)24-2)4-5-18(23)26-10-13-7-15(22)20-17(9-13)27-11-28-20/h4-9H,3,10-11H2,1-2H3/b5-4+. The van der Waals surface area contributed by atoms with Crippen molar-refractivity contribution in [1.29, 1.82) is 0 Å². The third kappa shape index (κ3) is 4.64. The van der Waals surface area contributed by atoms with Gasteiger partial charge in [0.15, 0.2) is 23.0 Å². The molecule has 0 fully saturated rings. The van der Waals surface area contributed by atoms with Crippen LogP contribution in [0.1, 0.15) is 18.1 Å². The van der Waals surface area contributed by atoms with Crippen LogP contribution in [0.4, 0.5) is 0 Å². The minimum Gasteiger partial charge on any atom is -0.491 e. The molecular weight excluding hydrogens is 407 g/mol. The fourth-order valence-corrected chi connectivity index (χ4v) is 3.20. The molecule has 2 aromatic rings. The first kappa shape index (κ1) is 20.2. The molecule has 0 spiro atoms. The van der Waals surface area contributed by atoms with Gasteiger partial charge in [0.25, 0.3) is 0 Å². The average Bonchev–Trinajstić information content (AvgIpc) is 3.14. The van der Waals surface area contributed by atoms with Gasteiger partial charge >= 0.3 is 5.97 Å². The Morgan fingerprint density at radius 3 is 2.75 bits per heavy atom. The molecule has 0 aliphatic carbocycles. The molecule has 0 radical (unpaired) electrons. The second kappa shape index (κ2) is 9.08. The van der Waals surface area contributed by atoms with E-state index in [0.29, 0.717) is 50.8 Å². The number of halogens is 2. The molecule has 6 nitrogen and oxygen atoms in total. The second-order valence-corrected chi connectivity index (χ2v) is 6.53. The number of hydrogen-bond donors (Lipinski definition) is 0. The van der Waals surface area contributed by atoms with Crippen molar-refractivity contribution in [2.45, 2.75) is 13.5 Å². The van der Waals surface area contributed by atoms with E-state index in [9.17, 15) is 4.79 Å². The summed E-state index contributed by atoms with van der Waals surface area (Å²) in [7, 11) is 1.51. The lowest BCUT2D eigenvalue weighted by molar-refractivity contribution is -0.138. The van der Waals surface area contributed by atoms with E-state index in [1.807, 2.05) is 6.92 Å². The van der Waals surface area contributed by atoms with Gasteiger partial charge in [0.1, 0.15) is 6.61 Å². The average molecular weight is 425 g/mol. The summed E-state index contributed by atoms with van der Waals surface area (Å²) in [6.45, 7) is 2.48. The van der Waals surface area contributed by atoms with Gasteiger partial charge in [-0.05, 0) is 48.4 Å². The van der Waals surface area contributed by atoms with Crippen LogP contribution in [0.2, 0.25) is 10.0 Å². The van der Waals surface area contributed by atoms with Crippen molar-refractivity contribution in [1.82, 2.24) is 0 Å². The number of rotatable bonds is 7. The maximum atomic E-state index is 12.0. The SMILES string of the molecule is CCOc1cc(/C=C/C(=O)OCc2cc(Cl)c3c(c2)OCO3)cc(Cl)c1OC. The first-order valence-electron chi connectivity index (χ1n) is 8.45. The van der Waals surface area contributed by atoms with Gasteiger partial charge in [0.05, 0.1) is 23.8 Å². The van der Waals surface area contributed by atoms with Crippen molar-refractivity contribution >= 4 is 35.2 Å². The molecule has 1 aliphatic rings. The number of esters is 1. The van der Waals surface area contributed by atoms with Crippen LogP contribution in [-0.4, -0.2) is 26.5 Å². The monoisotopic (exact) mass is 424 g/mol. The van der Waals surface area contributed by atoms with Crippen LogP contribution in [-0.2, 0) is 16.1 Å². The normalized spacial score (nSPS) is 12.3. The molecule has 0 bridgehead atoms. The van der Waals surface area contributed by atoms with Crippen molar-refractivity contribution < 1.29 is 28.5 Å². The number of benzene rings is 2. The highest BCUT2D eigenvalue weighted by molar-refractivity contribution is 6.32. The molecular formula is C20H18Cl2O6. The Kier molecular flexibility index (Phi) is 6.54. The van der Waals surface area contributed by atoms with Gasteiger partial charge in [0.2, 0.25) is 6.79 Å². The predicted octanol–water partition coefficient (Wildman–Crippen LogP) is 4.89. The van der Waals surface area contributed by atoms with Gasteiger partial charge in [-0.25, -0.2) is 4.79 Å². The van der Waals surface area contributed by atoms with Gasteiger partial charge in [-0.2, -0.15) is 0 Å². The number of carbonyl (C=O) groups excluding carboxylic acids is 1. The van der Waals surface area contributed by atoms with Crippen molar-refractivity contribution in [3.63, 3.8) is 0 Å². The van der Waals surface area contributed by atoms with E-state index in [-0.39, 0.29) is 13.4 Å². The molecule has 28 heavy (non-hydrogen) atoms. The fourth-order valence-electron chi connectivity index (χ4n) is 2.62. The van der Waals surface area contributed by atoms with E-state index < -0.39 is 5.97 Å². The van der Waals surface area contributed by atoms with Crippen molar-refractivity contribution in [2.24, 2.45) is 0 Å². The molecule has 0 saturated carbocycles. The van der Waals surface area contributed by atoms with Crippen molar-refractivity contribution in [2.75, 3.05) is 20.5 Å². The van der Waals surface area contributed by atoms with Gasteiger partial charge < -0.3 is 23.7 Å². The van der Waals surface area contributed by atoms with Crippen LogP contribution in [0.15, 0.2) is 30.3 Å². The number of methoxy groups -OCH3 is 1. The zero-order chi connectivity index (χ0) is 20.1. The van der Waals surface area contributed by atoms with E-state index in [0.717, 1.165) is 0 Å². The minimum absolute atomic E-state index is 0.0487. The molecule has 1 aliphatic heterocycles. The summed E-state index contributed by atoms with van der Waals surface area (Å²) in [5.41, 5.74) is 1.37. The predicted molar refractivity (Wildman–Crippen MR) is 106 cm³/mol. The Labute approximate surface area is 172 Å². The van der Waals surface area contributed by atoms with Crippen molar-refractivity contribution in [3.05, 3.63) is 51.5 Å². The van der Waals surface area contributed by atoms with Gasteiger partial charge in [-0.1, -0.05) is 23.2 Å². The molecule has 3 rings (SSSR count). The maximum absolute atomic E-state index is 12.0. The van der Waals surface area contributed by atoms with Crippen LogP contribution in [0, 0.1) is 0 Å². The molecule has 0 unspecified atom stereocenters. The quantitative estimate of drug-likeness (QED) is 0.465. The third-order valence-electron chi connectivity index (χ3n) is 3.82. The summed E-state index contributed by atoms with van der Waals surface area (Å²) < 4.78 is 26.5. The van der Waals surface area contributed by atoms with Crippen LogP contribution in [0.25, 0.3) is 6.08 Å². The summed E-state index contributed by atoms with van der Waals surface area (Å²) in [5, 5.41) is 0.796. The van der Waals surface area contributed by atoms with Crippen LogP contribution in [0.5, 0.6) is 23.0 Å². The Balaban J connectivity index is 1.65. The van der Waals surface area contributed by atoms with E-state index in [4.69, 9.17) is 46.9 Å². The van der Waals surface area contributed by atoms with Crippen LogP contribution in [0.3, 0.4) is 0 Å². The molecule has 2 aromatic carbocycles. The summed E-state index contributed by atoms with van der Waals surface area (Å²) >= 11 is 12.3. The molecule has 0 N–H and O–H groups in total. The molecule has 0 saturated heterocycles. The molecule has 0 atom stereocenters. The van der Waals surface area contributed by atoms with E-state index in [2.05, 4.69) is 0 Å². The number of fused-ring (bicyclic) bond motifs is 1. The van der Waals surface area contributed by atoms with Gasteiger partial charge in [0, 0.05) is 6.08 Å². The largest absolute Gasteiger partial charge is 0.491 e. The van der Waals surface area contributed by atoms with E-state index in [1.54, 1.807) is 30.3 Å². The second-order valence-electron chi connectivity index (χ2n) is 5.72. The summed E-state index contributed by atoms with van der Waals surface area (Å²) in [6.07, 6.45) is 2.89. The van der Waals surface area contributed by atoms with E-state index >= 15 is 0 Å². The molecule has 8 heteroatoms. The van der Waals surface area contributed by atoms with Gasteiger partial charge in [-0.15, -0.1) is 0 Å². The van der Waals surface area contributed by atoms with Gasteiger partial charge in [-0.3, -0.25) is 0 Å². The zero-order valence-electron chi connectivity index (χ0n) is 15.3. The smallest absolute Gasteiger partial charge is 0.331 e. The zero-order valence-corrected chi connectivity index (χ0v) is 16.8.